The zero-order valence-corrected chi connectivity index (χ0v) is 18.6. The molecule has 178 valence electrons. The average molecular weight is 483 g/mol. The lowest BCUT2D eigenvalue weighted by Crippen LogP contribution is -2.40. The number of rotatable bonds is 8. The Morgan fingerprint density at radius 1 is 1.15 bits per heavy atom. The molecule has 1 fully saturated rings. The molecule has 1 aromatic heterocycles. The molecule has 1 aliphatic heterocycles. The number of esters is 2. The molecule has 0 saturated carbocycles. The van der Waals surface area contributed by atoms with E-state index in [2.05, 4.69) is 4.98 Å². The van der Waals surface area contributed by atoms with Gasteiger partial charge in [-0.05, 0) is 24.0 Å². The van der Waals surface area contributed by atoms with E-state index in [1.165, 1.54) is 18.3 Å². The van der Waals surface area contributed by atoms with Gasteiger partial charge < -0.3 is 24.3 Å². The Morgan fingerprint density at radius 3 is 2.33 bits per heavy atom. The first-order valence-corrected chi connectivity index (χ1v) is 11.0. The van der Waals surface area contributed by atoms with Crippen LogP contribution >= 0.6 is 0 Å². The maximum absolute atomic E-state index is 12.6. The van der Waals surface area contributed by atoms with E-state index in [1.54, 1.807) is 19.1 Å². The second-order valence-corrected chi connectivity index (χ2v) is 8.77. The lowest BCUT2D eigenvalue weighted by atomic mass is 10.1. The molecule has 0 unspecified atom stereocenters. The molecule has 1 saturated heterocycles. The fraction of sp³-hybridized carbons (Fsp3) is 0.421. The lowest BCUT2D eigenvalue weighted by Gasteiger charge is -2.22. The summed E-state index contributed by atoms with van der Waals surface area (Å²) in [5.41, 5.74) is 0.844. The van der Waals surface area contributed by atoms with Gasteiger partial charge in [0.25, 0.3) is 10.1 Å². The second kappa shape index (κ2) is 9.64. The third kappa shape index (κ3) is 5.53. The minimum Gasteiger partial charge on any atom is -0.455 e. The minimum atomic E-state index is -4.21. The molecule has 2 heterocycles. The molecule has 0 radical (unpaired) electrons. The fourth-order valence-corrected chi connectivity index (χ4v) is 4.21. The highest BCUT2D eigenvalue weighted by Gasteiger charge is 2.53. The van der Waals surface area contributed by atoms with Crippen LogP contribution in [0.3, 0.4) is 0 Å². The second-order valence-electron chi connectivity index (χ2n) is 7.16. The van der Waals surface area contributed by atoms with Crippen molar-refractivity contribution in [1.29, 1.82) is 0 Å². The van der Waals surface area contributed by atoms with Crippen LogP contribution in [0.5, 0.6) is 0 Å². The van der Waals surface area contributed by atoms with Crippen LogP contribution in [-0.2, 0) is 38.1 Å². The Morgan fingerprint density at radius 2 is 1.76 bits per heavy atom. The molecular weight excluding hydrogens is 462 g/mol. The molecule has 0 bridgehead atoms. The summed E-state index contributed by atoms with van der Waals surface area (Å²) in [7, 11) is -4.21. The summed E-state index contributed by atoms with van der Waals surface area (Å²) in [5, 5.41) is 11.3. The van der Waals surface area contributed by atoms with Gasteiger partial charge in [0.2, 0.25) is 6.23 Å². The van der Waals surface area contributed by atoms with E-state index in [0.717, 1.165) is 30.2 Å². The monoisotopic (exact) mass is 483 g/mol. The van der Waals surface area contributed by atoms with Crippen LogP contribution in [0.2, 0.25) is 0 Å². The van der Waals surface area contributed by atoms with Gasteiger partial charge in [0.15, 0.2) is 12.2 Å². The van der Waals surface area contributed by atoms with Gasteiger partial charge in [-0.25, -0.2) is 0 Å². The van der Waals surface area contributed by atoms with Crippen molar-refractivity contribution in [3.8, 4) is 0 Å². The van der Waals surface area contributed by atoms with Gasteiger partial charge >= 0.3 is 17.9 Å². The number of nitro groups is 1. The Kier molecular flexibility index (Phi) is 7.09. The molecule has 1 aliphatic rings. The van der Waals surface area contributed by atoms with E-state index >= 15 is 0 Å². The van der Waals surface area contributed by atoms with Crippen molar-refractivity contribution in [3.63, 3.8) is 0 Å². The van der Waals surface area contributed by atoms with Crippen molar-refractivity contribution >= 4 is 28.0 Å². The van der Waals surface area contributed by atoms with Crippen LogP contribution < -0.4 is 0 Å². The Bertz CT molecular complexity index is 1140. The summed E-state index contributed by atoms with van der Waals surface area (Å²) in [5.74, 6) is -2.16. The Balaban J connectivity index is 1.91. The predicted molar refractivity (Wildman–Crippen MR) is 108 cm³/mol. The molecule has 3 rings (SSSR count). The molecule has 14 heteroatoms. The number of carbonyl (C=O) groups is 2. The molecule has 1 aromatic carbocycles. The van der Waals surface area contributed by atoms with Gasteiger partial charge in [-0.15, -0.1) is 0 Å². The van der Waals surface area contributed by atoms with Crippen molar-refractivity contribution in [2.75, 3.05) is 6.61 Å². The number of aromatic nitrogens is 2. The van der Waals surface area contributed by atoms with E-state index in [-0.39, 0.29) is 4.90 Å². The summed E-state index contributed by atoms with van der Waals surface area (Å²) in [4.78, 5) is 37.5. The Labute approximate surface area is 188 Å². The number of benzene rings is 1. The van der Waals surface area contributed by atoms with E-state index < -0.39 is 64.1 Å². The molecular formula is C19H21N3O10S. The normalized spacial score (nSPS) is 22.6. The maximum atomic E-state index is 12.6. The summed E-state index contributed by atoms with van der Waals surface area (Å²) in [6, 6.07) is 5.91. The van der Waals surface area contributed by atoms with E-state index in [4.69, 9.17) is 18.4 Å². The van der Waals surface area contributed by atoms with Gasteiger partial charge in [0.1, 0.15) is 18.5 Å². The van der Waals surface area contributed by atoms with Gasteiger partial charge in [-0.3, -0.25) is 13.8 Å². The van der Waals surface area contributed by atoms with Gasteiger partial charge in [-0.2, -0.15) is 13.0 Å². The lowest BCUT2D eigenvalue weighted by molar-refractivity contribution is -0.398. The zero-order valence-electron chi connectivity index (χ0n) is 17.8. The average Bonchev–Trinajstić information content (AvgIpc) is 3.32. The standard InChI is InChI=1S/C19H21N3O10S/c1-11-4-6-14(7-5-11)33(27,28)29-10-15-16(30-12(2)23)17(31-13(3)24)18(32-15)21-9-8-20-19(21)22(25)26/h4-9,15-18H,10H2,1-3H3/t15-,16-,17-,18+/m1/s1. The van der Waals surface area contributed by atoms with Crippen molar-refractivity contribution in [2.24, 2.45) is 0 Å². The van der Waals surface area contributed by atoms with E-state index in [0.29, 0.717) is 0 Å². The SMILES string of the molecule is CC(=O)O[C@@H]1[C@H](OC(C)=O)[C@@H](COS(=O)(=O)c2ccc(C)cc2)O[C@@H]1n1ccnc1[N+](=O)[O-]. The van der Waals surface area contributed by atoms with Crippen molar-refractivity contribution in [1.82, 2.24) is 9.55 Å². The number of carbonyl (C=O) groups excluding carboxylic acids is 2. The quantitative estimate of drug-likeness (QED) is 0.229. The maximum Gasteiger partial charge on any atom is 0.436 e. The highest BCUT2D eigenvalue weighted by Crippen LogP contribution is 2.36. The first-order chi connectivity index (χ1) is 15.5. The molecule has 0 aliphatic carbocycles. The first-order valence-electron chi connectivity index (χ1n) is 9.63. The third-order valence-corrected chi connectivity index (χ3v) is 5.97. The smallest absolute Gasteiger partial charge is 0.436 e. The number of imidazole rings is 1. The van der Waals surface area contributed by atoms with Crippen LogP contribution in [0, 0.1) is 17.0 Å². The van der Waals surface area contributed by atoms with Crippen LogP contribution in [0.4, 0.5) is 5.95 Å². The van der Waals surface area contributed by atoms with Gasteiger partial charge in [0.05, 0.1) is 11.5 Å². The number of aryl methyl sites for hydroxylation is 1. The van der Waals surface area contributed by atoms with Crippen molar-refractivity contribution in [3.05, 3.63) is 52.3 Å². The number of hydrogen-bond acceptors (Lipinski definition) is 11. The molecule has 4 atom stereocenters. The first kappa shape index (κ1) is 24.3. The minimum absolute atomic E-state index is 0.103. The van der Waals surface area contributed by atoms with Gasteiger partial charge in [0, 0.05) is 13.8 Å². The highest BCUT2D eigenvalue weighted by molar-refractivity contribution is 7.86. The number of hydrogen-bond donors (Lipinski definition) is 0. The number of nitrogens with zero attached hydrogens (tertiary/aromatic N) is 3. The largest absolute Gasteiger partial charge is 0.455 e. The van der Waals surface area contributed by atoms with Crippen LogP contribution in [0.25, 0.3) is 0 Å². The van der Waals surface area contributed by atoms with Crippen LogP contribution in [0.15, 0.2) is 41.6 Å². The highest BCUT2D eigenvalue weighted by atomic mass is 32.2. The topological polar surface area (TPSA) is 166 Å². The molecule has 0 spiro atoms. The Hall–Kier alpha value is -3.36. The molecule has 0 N–H and O–H groups in total. The third-order valence-electron chi connectivity index (χ3n) is 4.67. The van der Waals surface area contributed by atoms with E-state index in [1.807, 2.05) is 0 Å². The molecule has 2 aromatic rings. The van der Waals surface area contributed by atoms with Crippen molar-refractivity contribution < 1.29 is 41.3 Å². The summed E-state index contributed by atoms with van der Waals surface area (Å²) in [6.07, 6.45) is -2.88. The summed E-state index contributed by atoms with van der Waals surface area (Å²) < 4.78 is 47.4. The predicted octanol–water partition coefficient (Wildman–Crippen LogP) is 1.27. The van der Waals surface area contributed by atoms with Crippen LogP contribution in [0.1, 0.15) is 25.6 Å². The van der Waals surface area contributed by atoms with E-state index in [9.17, 15) is 28.1 Å². The van der Waals surface area contributed by atoms with Crippen molar-refractivity contribution in [2.45, 2.75) is 50.2 Å². The summed E-state index contributed by atoms with van der Waals surface area (Å²) in [6.45, 7) is 3.36. The van der Waals surface area contributed by atoms with Crippen LogP contribution in [-0.4, -0.2) is 59.7 Å². The van der Waals surface area contributed by atoms with Gasteiger partial charge in [-0.1, -0.05) is 22.7 Å². The zero-order chi connectivity index (χ0) is 24.3. The number of ether oxygens (including phenoxy) is 3. The molecule has 13 nitrogen and oxygen atoms in total. The summed E-state index contributed by atoms with van der Waals surface area (Å²) >= 11 is 0. The fourth-order valence-electron chi connectivity index (χ4n) is 3.29. The molecule has 0 amide bonds. The molecule has 33 heavy (non-hydrogen) atoms.